The first-order chi connectivity index (χ1) is 13.3. The number of anilines is 1. The van der Waals surface area contributed by atoms with Crippen molar-refractivity contribution in [2.24, 2.45) is 0 Å². The van der Waals surface area contributed by atoms with E-state index in [9.17, 15) is 18.0 Å². The van der Waals surface area contributed by atoms with Gasteiger partial charge in [0.1, 0.15) is 5.75 Å². The summed E-state index contributed by atoms with van der Waals surface area (Å²) in [4.78, 5) is 12.2. The fraction of sp³-hybridized carbons (Fsp3) is 0.200. The second-order valence-corrected chi connectivity index (χ2v) is 6.21. The van der Waals surface area contributed by atoms with Gasteiger partial charge in [-0.05, 0) is 55.3 Å². The zero-order chi connectivity index (χ0) is 20.3. The molecule has 0 aliphatic heterocycles. The van der Waals surface area contributed by atoms with E-state index in [0.717, 1.165) is 17.2 Å². The third kappa shape index (κ3) is 4.33. The molecule has 8 heteroatoms. The third-order valence-corrected chi connectivity index (χ3v) is 4.27. The summed E-state index contributed by atoms with van der Waals surface area (Å²) >= 11 is 0. The van der Waals surface area contributed by atoms with E-state index in [1.807, 2.05) is 19.9 Å². The van der Waals surface area contributed by atoms with Crippen LogP contribution in [0.1, 0.15) is 16.7 Å². The molecule has 1 N–H and O–H groups in total. The van der Waals surface area contributed by atoms with E-state index < -0.39 is 24.3 Å². The van der Waals surface area contributed by atoms with E-state index >= 15 is 0 Å². The van der Waals surface area contributed by atoms with Gasteiger partial charge in [-0.3, -0.25) is 4.79 Å². The van der Waals surface area contributed by atoms with Gasteiger partial charge in [-0.15, -0.1) is 0 Å². The maximum atomic E-state index is 13.5. The Morgan fingerprint density at radius 2 is 1.96 bits per heavy atom. The minimum absolute atomic E-state index is 0.238. The predicted octanol–water partition coefficient (Wildman–Crippen LogP) is 4.53. The summed E-state index contributed by atoms with van der Waals surface area (Å²) < 4.78 is 47.1. The number of carbonyl (C=O) groups excluding carboxylic acids is 1. The molecule has 0 bridgehead atoms. The van der Waals surface area contributed by atoms with Gasteiger partial charge >= 0.3 is 6.18 Å². The Hall–Kier alpha value is -3.29. The van der Waals surface area contributed by atoms with Gasteiger partial charge in [0.05, 0.1) is 16.9 Å². The SMILES string of the molecule is Cc1cccc(OCC(=O)Nc2ccc(-n3cccn3)cc2C(F)(F)F)c1C. The molecule has 3 aromatic rings. The number of nitrogens with zero attached hydrogens (tertiary/aromatic N) is 2. The molecule has 5 nitrogen and oxygen atoms in total. The van der Waals surface area contributed by atoms with Gasteiger partial charge in [0, 0.05) is 12.4 Å². The summed E-state index contributed by atoms with van der Waals surface area (Å²) in [7, 11) is 0. The number of halogens is 3. The molecule has 2 aromatic carbocycles. The van der Waals surface area contributed by atoms with Crippen LogP contribution >= 0.6 is 0 Å². The van der Waals surface area contributed by atoms with Crippen molar-refractivity contribution in [3.05, 3.63) is 71.5 Å². The lowest BCUT2D eigenvalue weighted by Gasteiger charge is -2.16. The van der Waals surface area contributed by atoms with Crippen LogP contribution in [0.25, 0.3) is 5.69 Å². The van der Waals surface area contributed by atoms with Crippen molar-refractivity contribution in [3.8, 4) is 11.4 Å². The van der Waals surface area contributed by atoms with Crippen molar-refractivity contribution < 1.29 is 22.7 Å². The highest BCUT2D eigenvalue weighted by Gasteiger charge is 2.34. The minimum Gasteiger partial charge on any atom is -0.483 e. The van der Waals surface area contributed by atoms with Crippen molar-refractivity contribution in [1.82, 2.24) is 9.78 Å². The lowest BCUT2D eigenvalue weighted by molar-refractivity contribution is -0.137. The Bertz CT molecular complexity index is 983. The fourth-order valence-electron chi connectivity index (χ4n) is 2.65. The lowest BCUT2D eigenvalue weighted by Crippen LogP contribution is -2.22. The summed E-state index contributed by atoms with van der Waals surface area (Å²) in [6.07, 6.45) is -1.64. The molecule has 0 saturated heterocycles. The van der Waals surface area contributed by atoms with Crippen LogP contribution in [0.15, 0.2) is 54.9 Å². The van der Waals surface area contributed by atoms with Gasteiger partial charge in [0.25, 0.3) is 5.91 Å². The number of benzene rings is 2. The molecule has 0 radical (unpaired) electrons. The van der Waals surface area contributed by atoms with Gasteiger partial charge in [0.15, 0.2) is 6.61 Å². The van der Waals surface area contributed by atoms with Crippen LogP contribution < -0.4 is 10.1 Å². The predicted molar refractivity (Wildman–Crippen MR) is 98.6 cm³/mol. The summed E-state index contributed by atoms with van der Waals surface area (Å²) in [5, 5.41) is 6.20. The highest BCUT2D eigenvalue weighted by atomic mass is 19.4. The number of carbonyl (C=O) groups is 1. The number of alkyl halides is 3. The molecule has 28 heavy (non-hydrogen) atoms. The Morgan fingerprint density at radius 3 is 2.64 bits per heavy atom. The molecule has 1 heterocycles. The van der Waals surface area contributed by atoms with Gasteiger partial charge in [-0.25, -0.2) is 4.68 Å². The quantitative estimate of drug-likeness (QED) is 0.698. The van der Waals surface area contributed by atoms with Gasteiger partial charge in [-0.2, -0.15) is 18.3 Å². The average Bonchev–Trinajstić information content (AvgIpc) is 3.17. The van der Waals surface area contributed by atoms with Crippen LogP contribution in [0.2, 0.25) is 0 Å². The molecule has 3 rings (SSSR count). The van der Waals surface area contributed by atoms with Crippen LogP contribution in [0.3, 0.4) is 0 Å². The van der Waals surface area contributed by atoms with E-state index in [0.29, 0.717) is 5.75 Å². The van der Waals surface area contributed by atoms with E-state index in [1.165, 1.54) is 29.2 Å². The standard InChI is InChI=1S/C20H18F3N3O2/c1-13-5-3-6-18(14(13)2)28-12-19(27)25-17-8-7-15(26-10-4-9-24-26)11-16(17)20(21,22)23/h3-11H,12H2,1-2H3,(H,25,27). The third-order valence-electron chi connectivity index (χ3n) is 4.27. The first kappa shape index (κ1) is 19.5. The lowest BCUT2D eigenvalue weighted by atomic mass is 10.1. The first-order valence-corrected chi connectivity index (χ1v) is 8.46. The summed E-state index contributed by atoms with van der Waals surface area (Å²) in [6, 6.07) is 10.6. The molecule has 1 aromatic heterocycles. The molecule has 0 aliphatic rings. The molecule has 0 fully saturated rings. The van der Waals surface area contributed by atoms with E-state index in [-0.39, 0.29) is 11.4 Å². The number of aromatic nitrogens is 2. The highest BCUT2D eigenvalue weighted by molar-refractivity contribution is 5.93. The highest BCUT2D eigenvalue weighted by Crippen LogP contribution is 2.36. The van der Waals surface area contributed by atoms with Crippen LogP contribution in [-0.2, 0) is 11.0 Å². The van der Waals surface area contributed by atoms with E-state index in [2.05, 4.69) is 10.4 Å². The van der Waals surface area contributed by atoms with Crippen molar-refractivity contribution in [1.29, 1.82) is 0 Å². The number of amides is 1. The van der Waals surface area contributed by atoms with Crippen molar-refractivity contribution in [2.75, 3.05) is 11.9 Å². The molecule has 1 amide bonds. The first-order valence-electron chi connectivity index (χ1n) is 8.46. The van der Waals surface area contributed by atoms with Gasteiger partial charge in [0.2, 0.25) is 0 Å². The van der Waals surface area contributed by atoms with Crippen LogP contribution in [0.4, 0.5) is 18.9 Å². The monoisotopic (exact) mass is 389 g/mol. The minimum atomic E-state index is -4.64. The Kier molecular flexibility index (Phi) is 5.39. The Labute approximate surface area is 159 Å². The van der Waals surface area contributed by atoms with E-state index in [1.54, 1.807) is 18.2 Å². The summed E-state index contributed by atoms with van der Waals surface area (Å²) in [5.74, 6) is -0.168. The molecule has 0 aliphatic carbocycles. The second kappa shape index (κ2) is 7.75. The normalized spacial score (nSPS) is 11.3. The fourth-order valence-corrected chi connectivity index (χ4v) is 2.65. The number of nitrogens with one attached hydrogen (secondary N) is 1. The number of aryl methyl sites for hydroxylation is 1. The molecule has 0 spiro atoms. The van der Waals surface area contributed by atoms with Gasteiger partial charge < -0.3 is 10.1 Å². The maximum absolute atomic E-state index is 13.5. The largest absolute Gasteiger partial charge is 0.483 e. The average molecular weight is 389 g/mol. The zero-order valence-electron chi connectivity index (χ0n) is 15.2. The van der Waals surface area contributed by atoms with Crippen molar-refractivity contribution in [2.45, 2.75) is 20.0 Å². The summed E-state index contributed by atoms with van der Waals surface area (Å²) in [5.41, 5.74) is 0.807. The summed E-state index contributed by atoms with van der Waals surface area (Å²) in [6.45, 7) is 3.35. The number of ether oxygens (including phenoxy) is 1. The molecule has 0 atom stereocenters. The number of hydrogen-bond acceptors (Lipinski definition) is 3. The number of rotatable bonds is 5. The molecule has 146 valence electrons. The topological polar surface area (TPSA) is 56.1 Å². The molecular formula is C20H18F3N3O2. The van der Waals surface area contributed by atoms with Gasteiger partial charge in [-0.1, -0.05) is 12.1 Å². The van der Waals surface area contributed by atoms with Crippen LogP contribution in [0.5, 0.6) is 5.75 Å². The van der Waals surface area contributed by atoms with E-state index in [4.69, 9.17) is 4.74 Å². The molecule has 0 unspecified atom stereocenters. The zero-order valence-corrected chi connectivity index (χ0v) is 15.2. The maximum Gasteiger partial charge on any atom is 0.418 e. The Morgan fingerprint density at radius 1 is 1.18 bits per heavy atom. The molecule has 0 saturated carbocycles. The van der Waals surface area contributed by atoms with Crippen LogP contribution in [-0.4, -0.2) is 22.3 Å². The molecular weight excluding hydrogens is 371 g/mol. The van der Waals surface area contributed by atoms with Crippen molar-refractivity contribution >= 4 is 11.6 Å². The van der Waals surface area contributed by atoms with Crippen LogP contribution in [0, 0.1) is 13.8 Å². The second-order valence-electron chi connectivity index (χ2n) is 6.21. The Balaban J connectivity index is 1.77. The van der Waals surface area contributed by atoms with Crippen molar-refractivity contribution in [3.63, 3.8) is 0 Å². The number of hydrogen-bond donors (Lipinski definition) is 1. The smallest absolute Gasteiger partial charge is 0.418 e.